The van der Waals surface area contributed by atoms with E-state index in [0.717, 1.165) is 11.1 Å². The van der Waals surface area contributed by atoms with Gasteiger partial charge in [-0.1, -0.05) is 23.3 Å². The second kappa shape index (κ2) is 5.83. The number of benzene rings is 1. The summed E-state index contributed by atoms with van der Waals surface area (Å²) in [5, 5.41) is 3.41. The highest BCUT2D eigenvalue weighted by atomic mass is 19.1. The van der Waals surface area contributed by atoms with E-state index < -0.39 is 0 Å². The second-order valence-electron chi connectivity index (χ2n) is 3.15. The van der Waals surface area contributed by atoms with Crippen LogP contribution in [0.5, 0.6) is 0 Å². The molecular formula is C11H12FN3. The van der Waals surface area contributed by atoms with Crippen molar-refractivity contribution < 1.29 is 4.39 Å². The van der Waals surface area contributed by atoms with E-state index in [1.54, 1.807) is 6.07 Å². The zero-order valence-corrected chi connectivity index (χ0v) is 8.52. The van der Waals surface area contributed by atoms with Gasteiger partial charge in [0.25, 0.3) is 0 Å². The zero-order valence-electron chi connectivity index (χ0n) is 8.52. The van der Waals surface area contributed by atoms with Crippen molar-refractivity contribution in [3.05, 3.63) is 51.7 Å². The minimum atomic E-state index is -0.223. The number of hydrogen-bond acceptors (Lipinski definition) is 1. The Labute approximate surface area is 87.9 Å². The Morgan fingerprint density at radius 1 is 1.53 bits per heavy atom. The quantitative estimate of drug-likeness (QED) is 0.310. The van der Waals surface area contributed by atoms with Gasteiger partial charge in [0, 0.05) is 11.5 Å². The van der Waals surface area contributed by atoms with Crippen molar-refractivity contribution in [3.63, 3.8) is 0 Å². The van der Waals surface area contributed by atoms with E-state index >= 15 is 0 Å². The van der Waals surface area contributed by atoms with Gasteiger partial charge in [-0.2, -0.15) is 0 Å². The van der Waals surface area contributed by atoms with Crippen molar-refractivity contribution in [1.29, 1.82) is 0 Å². The molecule has 0 atom stereocenters. The van der Waals surface area contributed by atoms with Gasteiger partial charge in [0.15, 0.2) is 0 Å². The molecule has 0 saturated carbocycles. The summed E-state index contributed by atoms with van der Waals surface area (Å²) in [7, 11) is 0. The third-order valence-electron chi connectivity index (χ3n) is 1.99. The largest absolute Gasteiger partial charge is 0.207 e. The Morgan fingerprint density at radius 3 is 3.00 bits per heavy atom. The van der Waals surface area contributed by atoms with E-state index in [4.69, 9.17) is 5.53 Å². The highest BCUT2D eigenvalue weighted by molar-refractivity contribution is 5.53. The predicted octanol–water partition coefficient (Wildman–Crippen LogP) is 3.85. The topological polar surface area (TPSA) is 48.8 Å². The summed E-state index contributed by atoms with van der Waals surface area (Å²) in [6, 6.07) is 4.65. The molecule has 0 saturated heterocycles. The molecule has 78 valence electrons. The summed E-state index contributed by atoms with van der Waals surface area (Å²) in [5.74, 6) is -0.223. The highest BCUT2D eigenvalue weighted by Crippen LogP contribution is 2.11. The third-order valence-corrected chi connectivity index (χ3v) is 1.99. The molecule has 0 N–H and O–H groups in total. The molecule has 1 rings (SSSR count). The first-order chi connectivity index (χ1) is 7.24. The van der Waals surface area contributed by atoms with Crippen molar-refractivity contribution >= 4 is 6.08 Å². The molecule has 15 heavy (non-hydrogen) atoms. The van der Waals surface area contributed by atoms with Crippen LogP contribution in [-0.4, -0.2) is 6.54 Å². The molecule has 0 aliphatic rings. The highest BCUT2D eigenvalue weighted by Gasteiger charge is 1.95. The number of hydrogen-bond donors (Lipinski definition) is 0. The summed E-state index contributed by atoms with van der Waals surface area (Å²) >= 11 is 0. The molecule has 0 aliphatic carbocycles. The van der Waals surface area contributed by atoms with Crippen molar-refractivity contribution in [3.8, 4) is 0 Å². The lowest BCUT2D eigenvalue weighted by Crippen LogP contribution is -1.82. The molecule has 4 heteroatoms. The average Bonchev–Trinajstić information content (AvgIpc) is 2.20. The predicted molar refractivity (Wildman–Crippen MR) is 58.8 cm³/mol. The average molecular weight is 205 g/mol. The van der Waals surface area contributed by atoms with Crippen LogP contribution in [0.4, 0.5) is 4.39 Å². The van der Waals surface area contributed by atoms with Gasteiger partial charge >= 0.3 is 0 Å². The molecule has 0 aromatic heterocycles. The molecule has 0 amide bonds. The molecule has 0 radical (unpaired) electrons. The Balaban J connectivity index is 2.60. The summed E-state index contributed by atoms with van der Waals surface area (Å²) in [4.78, 5) is 2.65. The fraction of sp³-hybridized carbons (Fsp3) is 0.273. The van der Waals surface area contributed by atoms with Crippen LogP contribution in [-0.2, 0) is 0 Å². The van der Waals surface area contributed by atoms with Crippen LogP contribution < -0.4 is 0 Å². The van der Waals surface area contributed by atoms with Gasteiger partial charge in [0.1, 0.15) is 5.82 Å². The lowest BCUT2D eigenvalue weighted by molar-refractivity contribution is 0.626. The fourth-order valence-electron chi connectivity index (χ4n) is 1.21. The molecule has 3 nitrogen and oxygen atoms in total. The molecule has 0 fully saturated rings. The molecule has 0 aliphatic heterocycles. The van der Waals surface area contributed by atoms with Crippen LogP contribution >= 0.6 is 0 Å². The smallest absolute Gasteiger partial charge is 0.123 e. The molecule has 1 aromatic rings. The number of halogens is 1. The molecule has 1 aromatic carbocycles. The van der Waals surface area contributed by atoms with Crippen molar-refractivity contribution in [2.75, 3.05) is 6.54 Å². The van der Waals surface area contributed by atoms with Gasteiger partial charge in [-0.3, -0.25) is 0 Å². The van der Waals surface area contributed by atoms with Gasteiger partial charge in [-0.05, 0) is 42.1 Å². The van der Waals surface area contributed by atoms with Gasteiger partial charge in [0.2, 0.25) is 0 Å². The lowest BCUT2D eigenvalue weighted by Gasteiger charge is -1.99. The number of nitrogens with zero attached hydrogens (tertiary/aromatic N) is 3. The van der Waals surface area contributed by atoms with E-state index in [-0.39, 0.29) is 5.82 Å². The summed E-state index contributed by atoms with van der Waals surface area (Å²) in [6.07, 6.45) is 4.51. The van der Waals surface area contributed by atoms with Gasteiger partial charge in [0.05, 0.1) is 0 Å². The van der Waals surface area contributed by atoms with Crippen LogP contribution in [0, 0.1) is 12.7 Å². The van der Waals surface area contributed by atoms with E-state index in [1.165, 1.54) is 12.1 Å². The normalized spacial score (nSPS) is 10.3. The maximum atomic E-state index is 12.8. The maximum Gasteiger partial charge on any atom is 0.123 e. The standard InChI is InChI=1S/C11H12FN3/c1-9-8-11(12)6-5-10(9)4-2-3-7-14-15-13/h2,4-6,8H,3,7H2,1H3. The fourth-order valence-corrected chi connectivity index (χ4v) is 1.21. The third kappa shape index (κ3) is 3.83. The van der Waals surface area contributed by atoms with Crippen LogP contribution in [0.25, 0.3) is 16.5 Å². The van der Waals surface area contributed by atoms with E-state index in [0.29, 0.717) is 13.0 Å². The minimum Gasteiger partial charge on any atom is -0.207 e. The molecule has 0 unspecified atom stereocenters. The van der Waals surface area contributed by atoms with Crippen LogP contribution in [0.2, 0.25) is 0 Å². The van der Waals surface area contributed by atoms with Crippen LogP contribution in [0.1, 0.15) is 17.5 Å². The Kier molecular flexibility index (Phi) is 4.38. The Hall–Kier alpha value is -1.80. The maximum absolute atomic E-state index is 12.8. The first kappa shape index (κ1) is 11.3. The first-order valence-corrected chi connectivity index (χ1v) is 4.67. The zero-order chi connectivity index (χ0) is 11.1. The second-order valence-corrected chi connectivity index (χ2v) is 3.15. The van der Waals surface area contributed by atoms with Gasteiger partial charge in [-0.15, -0.1) is 0 Å². The van der Waals surface area contributed by atoms with Gasteiger partial charge < -0.3 is 0 Å². The van der Waals surface area contributed by atoms with Crippen LogP contribution in [0.3, 0.4) is 0 Å². The minimum absolute atomic E-state index is 0.223. The van der Waals surface area contributed by atoms with Crippen molar-refractivity contribution in [2.24, 2.45) is 5.11 Å². The summed E-state index contributed by atoms with van der Waals surface area (Å²) < 4.78 is 12.8. The Morgan fingerprint density at radius 2 is 2.33 bits per heavy atom. The SMILES string of the molecule is Cc1cc(F)ccc1C=CCCN=[N+]=[N-]. The number of azide groups is 1. The van der Waals surface area contributed by atoms with E-state index in [9.17, 15) is 4.39 Å². The van der Waals surface area contributed by atoms with E-state index in [2.05, 4.69) is 10.0 Å². The number of rotatable bonds is 4. The molecular weight excluding hydrogens is 193 g/mol. The van der Waals surface area contributed by atoms with Crippen LogP contribution in [0.15, 0.2) is 29.4 Å². The van der Waals surface area contributed by atoms with Crippen molar-refractivity contribution in [1.82, 2.24) is 0 Å². The number of aryl methyl sites for hydroxylation is 1. The first-order valence-electron chi connectivity index (χ1n) is 4.67. The summed E-state index contributed by atoms with van der Waals surface area (Å²) in [6.45, 7) is 2.31. The molecule has 0 spiro atoms. The monoisotopic (exact) mass is 205 g/mol. The molecule has 0 heterocycles. The Bertz CT molecular complexity index is 406. The molecule has 0 bridgehead atoms. The van der Waals surface area contributed by atoms with Gasteiger partial charge in [-0.25, -0.2) is 4.39 Å². The van der Waals surface area contributed by atoms with Crippen molar-refractivity contribution in [2.45, 2.75) is 13.3 Å². The summed E-state index contributed by atoms with van der Waals surface area (Å²) in [5.41, 5.74) is 9.93. The lowest BCUT2D eigenvalue weighted by atomic mass is 10.1. The van der Waals surface area contributed by atoms with E-state index in [1.807, 2.05) is 19.1 Å².